The van der Waals surface area contributed by atoms with Crippen LogP contribution in [-0.4, -0.2) is 11.1 Å². The summed E-state index contributed by atoms with van der Waals surface area (Å²) < 4.78 is 0. The molecule has 1 N–H and O–H groups in total. The Labute approximate surface area is 90.0 Å². The summed E-state index contributed by atoms with van der Waals surface area (Å²) in [5.41, 5.74) is 2.02. The largest absolute Gasteiger partial charge is 0.478 e. The maximum atomic E-state index is 10.2. The summed E-state index contributed by atoms with van der Waals surface area (Å²) in [4.78, 5) is 10.2. The smallest absolute Gasteiger partial charge is 0.328 e. The topological polar surface area (TPSA) is 37.3 Å². The van der Waals surface area contributed by atoms with Crippen LogP contribution in [-0.2, 0) is 24.3 Å². The van der Waals surface area contributed by atoms with Crippen molar-refractivity contribution >= 4 is 12.0 Å². The Morgan fingerprint density at radius 3 is 2.54 bits per heavy atom. The zero-order valence-electron chi connectivity index (χ0n) is 7.53. The molecule has 0 heterocycles. The molecule has 0 saturated heterocycles. The summed E-state index contributed by atoms with van der Waals surface area (Å²) in [6.07, 6.45) is 2.74. The monoisotopic (exact) mass is 226 g/mol. The molecule has 3 heteroatoms. The second-order valence-corrected chi connectivity index (χ2v) is 2.53. The maximum Gasteiger partial charge on any atom is 0.328 e. The van der Waals surface area contributed by atoms with Crippen LogP contribution in [0.25, 0.3) is 6.08 Å². The number of carboxylic acids is 1. The minimum absolute atomic E-state index is 0. The molecular weight excluding hydrogens is 217 g/mol. The van der Waals surface area contributed by atoms with Crippen molar-refractivity contribution in [3.8, 4) is 0 Å². The summed E-state index contributed by atoms with van der Waals surface area (Å²) in [5.74, 6) is -0.918. The first-order valence-corrected chi connectivity index (χ1v) is 3.67. The van der Waals surface area contributed by atoms with Gasteiger partial charge in [0.2, 0.25) is 0 Å². The molecule has 2 nitrogen and oxygen atoms in total. The first-order chi connectivity index (χ1) is 5.70. The Morgan fingerprint density at radius 1 is 1.38 bits per heavy atom. The Kier molecular flexibility index (Phi) is 5.24. The molecule has 64 valence electrons. The van der Waals surface area contributed by atoms with E-state index in [-0.39, 0.29) is 19.5 Å². The summed E-state index contributed by atoms with van der Waals surface area (Å²) in [7, 11) is 0. The van der Waals surface area contributed by atoms with Gasteiger partial charge in [-0.05, 0) is 24.1 Å². The zero-order valence-corrected chi connectivity index (χ0v) is 10.5. The van der Waals surface area contributed by atoms with Gasteiger partial charge in [-0.15, -0.1) is 0 Å². The Morgan fingerprint density at radius 2 is 2.00 bits per heavy atom. The van der Waals surface area contributed by atoms with Crippen LogP contribution in [0.5, 0.6) is 0 Å². The fourth-order valence-electron chi connectivity index (χ4n) is 0.935. The number of carbonyl (C=O) groups is 1. The number of aryl methyl sites for hydroxylation is 1. The minimum atomic E-state index is -0.918. The van der Waals surface area contributed by atoms with Gasteiger partial charge in [0.05, 0.1) is 0 Å². The van der Waals surface area contributed by atoms with E-state index in [0.717, 1.165) is 17.2 Å². The molecule has 0 aliphatic heterocycles. The van der Waals surface area contributed by atoms with Gasteiger partial charge in [0.25, 0.3) is 0 Å². The number of rotatable bonds is 2. The Bertz CT molecular complexity index is 318. The summed E-state index contributed by atoms with van der Waals surface area (Å²) in [6.45, 7) is 1.95. The van der Waals surface area contributed by atoms with E-state index >= 15 is 0 Å². The average Bonchev–Trinajstić information content (AvgIpc) is 2.03. The van der Waals surface area contributed by atoms with Gasteiger partial charge in [-0.2, -0.15) is 0 Å². The van der Waals surface area contributed by atoms with Gasteiger partial charge in [-0.3, -0.25) is 0 Å². The van der Waals surface area contributed by atoms with Crippen molar-refractivity contribution in [1.82, 2.24) is 0 Å². The molecule has 0 aliphatic carbocycles. The molecule has 0 bridgehead atoms. The molecule has 0 aromatic heterocycles. The van der Waals surface area contributed by atoms with Crippen LogP contribution in [0.1, 0.15) is 11.1 Å². The van der Waals surface area contributed by atoms with Gasteiger partial charge in [0.1, 0.15) is 0 Å². The summed E-state index contributed by atoms with van der Waals surface area (Å²) >= 11 is 0. The van der Waals surface area contributed by atoms with E-state index in [4.69, 9.17) is 5.11 Å². The molecule has 0 unspecified atom stereocenters. The quantitative estimate of drug-likeness (QED) is 0.621. The predicted octanol–water partition coefficient (Wildman–Crippen LogP) is 2.09. The molecule has 13 heavy (non-hydrogen) atoms. The minimum Gasteiger partial charge on any atom is -0.478 e. The molecule has 1 aromatic rings. The normalized spacial score (nSPS) is 9.62. The molecule has 0 radical (unpaired) electrons. The SMILES string of the molecule is Cc1ccccc1/C=C/C(=O)O.[Zn]. The third kappa shape index (κ3) is 4.00. The van der Waals surface area contributed by atoms with E-state index in [0.29, 0.717) is 0 Å². The van der Waals surface area contributed by atoms with Crippen molar-refractivity contribution in [3.63, 3.8) is 0 Å². The van der Waals surface area contributed by atoms with Gasteiger partial charge in [0.15, 0.2) is 0 Å². The van der Waals surface area contributed by atoms with Crippen LogP contribution in [0.3, 0.4) is 0 Å². The second kappa shape index (κ2) is 5.66. The fraction of sp³-hybridized carbons (Fsp3) is 0.100. The number of hydrogen-bond donors (Lipinski definition) is 1. The van der Waals surface area contributed by atoms with E-state index < -0.39 is 5.97 Å². The van der Waals surface area contributed by atoms with Gasteiger partial charge < -0.3 is 5.11 Å². The van der Waals surface area contributed by atoms with Crippen LogP contribution in [0.2, 0.25) is 0 Å². The van der Waals surface area contributed by atoms with Crippen LogP contribution < -0.4 is 0 Å². The van der Waals surface area contributed by atoms with Gasteiger partial charge in [0, 0.05) is 25.6 Å². The van der Waals surface area contributed by atoms with Crippen molar-refractivity contribution in [2.75, 3.05) is 0 Å². The first kappa shape index (κ1) is 12.1. The molecule has 1 aromatic carbocycles. The number of benzene rings is 1. The third-order valence-corrected chi connectivity index (χ3v) is 1.59. The summed E-state index contributed by atoms with van der Waals surface area (Å²) in [5, 5.41) is 8.38. The van der Waals surface area contributed by atoms with E-state index in [1.807, 2.05) is 31.2 Å². The van der Waals surface area contributed by atoms with Crippen molar-refractivity contribution in [3.05, 3.63) is 41.5 Å². The molecule has 1 rings (SSSR count). The summed E-state index contributed by atoms with van der Waals surface area (Å²) in [6, 6.07) is 7.64. The van der Waals surface area contributed by atoms with Gasteiger partial charge in [-0.25, -0.2) is 4.79 Å². The molecule has 0 saturated carbocycles. The van der Waals surface area contributed by atoms with Crippen molar-refractivity contribution in [2.24, 2.45) is 0 Å². The van der Waals surface area contributed by atoms with Crippen molar-refractivity contribution in [2.45, 2.75) is 6.92 Å². The van der Waals surface area contributed by atoms with Gasteiger partial charge >= 0.3 is 5.97 Å². The molecule has 0 spiro atoms. The van der Waals surface area contributed by atoms with E-state index in [1.165, 1.54) is 0 Å². The average molecular weight is 228 g/mol. The molecule has 0 fully saturated rings. The zero-order chi connectivity index (χ0) is 8.97. The van der Waals surface area contributed by atoms with Crippen LogP contribution in [0, 0.1) is 6.92 Å². The van der Waals surface area contributed by atoms with Crippen molar-refractivity contribution in [1.29, 1.82) is 0 Å². The molecular formula is C10H10O2Zn. The fourth-order valence-corrected chi connectivity index (χ4v) is 0.935. The van der Waals surface area contributed by atoms with Crippen LogP contribution in [0.4, 0.5) is 0 Å². The van der Waals surface area contributed by atoms with E-state index in [9.17, 15) is 4.79 Å². The molecule has 0 atom stereocenters. The Balaban J connectivity index is 0.00000144. The Hall–Kier alpha value is -0.947. The first-order valence-electron chi connectivity index (χ1n) is 3.67. The third-order valence-electron chi connectivity index (χ3n) is 1.59. The van der Waals surface area contributed by atoms with E-state index in [2.05, 4.69) is 0 Å². The second-order valence-electron chi connectivity index (χ2n) is 2.53. The van der Waals surface area contributed by atoms with Crippen LogP contribution >= 0.6 is 0 Å². The number of hydrogen-bond acceptors (Lipinski definition) is 1. The van der Waals surface area contributed by atoms with Gasteiger partial charge in [-0.1, -0.05) is 24.3 Å². The molecule has 0 aliphatic rings. The van der Waals surface area contributed by atoms with E-state index in [1.54, 1.807) is 6.08 Å². The predicted molar refractivity (Wildman–Crippen MR) is 47.8 cm³/mol. The van der Waals surface area contributed by atoms with Crippen molar-refractivity contribution < 1.29 is 29.4 Å². The standard InChI is InChI=1S/C10H10O2.Zn/c1-8-4-2-3-5-9(8)6-7-10(11)12;/h2-7H,1H3,(H,11,12);/b7-6+;. The maximum absolute atomic E-state index is 10.2. The number of aliphatic carboxylic acids is 1. The number of carboxylic acid groups (broad SMARTS) is 1. The van der Waals surface area contributed by atoms with Crippen LogP contribution in [0.15, 0.2) is 30.3 Å². The molecule has 0 amide bonds.